The standard InChI is InChI=1S/C17H18N6O2S/c1-3-4-9-22-15(24)12-7-5-6-8-13(12)23-16(22)20-21-17(23)26-10-14-19-18-11(2)25-14/h5-8H,3-4,9-10H2,1-2H3. The number of fused-ring (bicyclic) bond motifs is 3. The summed E-state index contributed by atoms with van der Waals surface area (Å²) < 4.78 is 9.06. The minimum absolute atomic E-state index is 0.0296. The average Bonchev–Trinajstić information content (AvgIpc) is 3.26. The molecule has 3 heterocycles. The third-order valence-corrected chi connectivity index (χ3v) is 5.02. The van der Waals surface area contributed by atoms with Gasteiger partial charge < -0.3 is 4.42 Å². The molecule has 0 aliphatic carbocycles. The van der Waals surface area contributed by atoms with Crippen molar-refractivity contribution in [3.8, 4) is 0 Å². The number of hydrogen-bond acceptors (Lipinski definition) is 7. The molecule has 8 nitrogen and oxygen atoms in total. The van der Waals surface area contributed by atoms with Crippen LogP contribution in [0, 0.1) is 6.92 Å². The molecule has 0 bridgehead atoms. The van der Waals surface area contributed by atoms with Crippen molar-refractivity contribution in [1.29, 1.82) is 0 Å². The van der Waals surface area contributed by atoms with Gasteiger partial charge in [0, 0.05) is 13.5 Å². The molecule has 0 amide bonds. The van der Waals surface area contributed by atoms with Crippen LogP contribution in [0.3, 0.4) is 0 Å². The van der Waals surface area contributed by atoms with Crippen LogP contribution < -0.4 is 5.56 Å². The molecule has 3 aromatic heterocycles. The van der Waals surface area contributed by atoms with E-state index in [2.05, 4.69) is 27.3 Å². The van der Waals surface area contributed by atoms with E-state index in [0.717, 1.165) is 18.4 Å². The monoisotopic (exact) mass is 370 g/mol. The molecular formula is C17H18N6O2S. The molecule has 4 aromatic rings. The Kier molecular flexibility index (Phi) is 4.46. The van der Waals surface area contributed by atoms with Gasteiger partial charge in [0.25, 0.3) is 5.56 Å². The predicted molar refractivity (Wildman–Crippen MR) is 98.3 cm³/mol. The van der Waals surface area contributed by atoms with Crippen LogP contribution in [0.4, 0.5) is 0 Å². The van der Waals surface area contributed by atoms with E-state index in [0.29, 0.717) is 40.4 Å². The number of benzene rings is 1. The van der Waals surface area contributed by atoms with Gasteiger partial charge in [-0.3, -0.25) is 13.8 Å². The molecule has 26 heavy (non-hydrogen) atoms. The maximum absolute atomic E-state index is 12.9. The molecule has 0 saturated carbocycles. The minimum atomic E-state index is -0.0296. The summed E-state index contributed by atoms with van der Waals surface area (Å²) in [6.07, 6.45) is 1.90. The summed E-state index contributed by atoms with van der Waals surface area (Å²) in [6.45, 7) is 4.48. The van der Waals surface area contributed by atoms with Gasteiger partial charge in [0.2, 0.25) is 17.6 Å². The third-order valence-electron chi connectivity index (χ3n) is 4.11. The highest BCUT2D eigenvalue weighted by Gasteiger charge is 2.17. The van der Waals surface area contributed by atoms with Gasteiger partial charge in [-0.1, -0.05) is 37.2 Å². The maximum Gasteiger partial charge on any atom is 0.262 e. The molecule has 0 unspecified atom stereocenters. The number of hydrogen-bond donors (Lipinski definition) is 0. The summed E-state index contributed by atoms with van der Waals surface area (Å²) in [6, 6.07) is 7.54. The second-order valence-electron chi connectivity index (χ2n) is 5.95. The summed E-state index contributed by atoms with van der Waals surface area (Å²) in [5, 5.41) is 17.8. The smallest absolute Gasteiger partial charge is 0.262 e. The minimum Gasteiger partial charge on any atom is -0.425 e. The number of rotatable bonds is 6. The summed E-state index contributed by atoms with van der Waals surface area (Å²) in [5.74, 6) is 2.12. The summed E-state index contributed by atoms with van der Waals surface area (Å²) >= 11 is 1.45. The Balaban J connectivity index is 1.84. The van der Waals surface area contributed by atoms with Crippen molar-refractivity contribution >= 4 is 28.4 Å². The Morgan fingerprint density at radius 3 is 2.77 bits per heavy atom. The summed E-state index contributed by atoms with van der Waals surface area (Å²) in [7, 11) is 0. The van der Waals surface area contributed by atoms with E-state index in [1.807, 2.05) is 28.7 Å². The van der Waals surface area contributed by atoms with Crippen molar-refractivity contribution in [2.24, 2.45) is 0 Å². The van der Waals surface area contributed by atoms with Crippen molar-refractivity contribution in [2.75, 3.05) is 0 Å². The van der Waals surface area contributed by atoms with E-state index in [1.54, 1.807) is 11.5 Å². The first kappa shape index (κ1) is 16.8. The van der Waals surface area contributed by atoms with Gasteiger partial charge in [-0.2, -0.15) is 0 Å². The Hall–Kier alpha value is -2.68. The molecule has 0 saturated heterocycles. The number of aryl methyl sites for hydroxylation is 2. The van der Waals surface area contributed by atoms with Crippen LogP contribution in [0.2, 0.25) is 0 Å². The quantitative estimate of drug-likeness (QED) is 0.482. The molecule has 9 heteroatoms. The van der Waals surface area contributed by atoms with E-state index >= 15 is 0 Å². The molecule has 0 aliphatic rings. The lowest BCUT2D eigenvalue weighted by Gasteiger charge is -2.10. The molecule has 0 spiro atoms. The first-order valence-electron chi connectivity index (χ1n) is 8.47. The summed E-state index contributed by atoms with van der Waals surface area (Å²) in [5.41, 5.74) is 0.771. The highest BCUT2D eigenvalue weighted by molar-refractivity contribution is 7.98. The number of para-hydroxylation sites is 1. The normalized spacial score (nSPS) is 11.6. The van der Waals surface area contributed by atoms with Crippen LogP contribution in [-0.4, -0.2) is 29.4 Å². The third kappa shape index (κ3) is 2.88. The average molecular weight is 370 g/mol. The molecule has 134 valence electrons. The topological polar surface area (TPSA) is 91.1 Å². The van der Waals surface area contributed by atoms with Crippen LogP contribution in [0.15, 0.2) is 38.6 Å². The van der Waals surface area contributed by atoms with Crippen molar-refractivity contribution < 1.29 is 4.42 Å². The van der Waals surface area contributed by atoms with Crippen LogP contribution in [0.1, 0.15) is 31.5 Å². The van der Waals surface area contributed by atoms with Crippen molar-refractivity contribution in [1.82, 2.24) is 29.4 Å². The van der Waals surface area contributed by atoms with Gasteiger partial charge in [-0.05, 0) is 18.6 Å². The zero-order valence-corrected chi connectivity index (χ0v) is 15.4. The number of aromatic nitrogens is 6. The van der Waals surface area contributed by atoms with Crippen LogP contribution >= 0.6 is 11.8 Å². The van der Waals surface area contributed by atoms with Crippen molar-refractivity contribution in [3.05, 3.63) is 46.4 Å². The fraction of sp³-hybridized carbons (Fsp3) is 0.353. The second-order valence-corrected chi connectivity index (χ2v) is 6.89. The van der Waals surface area contributed by atoms with Crippen molar-refractivity contribution in [3.63, 3.8) is 0 Å². The zero-order valence-electron chi connectivity index (χ0n) is 14.5. The van der Waals surface area contributed by atoms with Gasteiger partial charge >= 0.3 is 0 Å². The summed E-state index contributed by atoms with van der Waals surface area (Å²) in [4.78, 5) is 12.9. The molecule has 1 aromatic carbocycles. The molecule has 0 fully saturated rings. The van der Waals surface area contributed by atoms with Crippen LogP contribution in [0.25, 0.3) is 16.7 Å². The number of unbranched alkanes of at least 4 members (excludes halogenated alkanes) is 1. The fourth-order valence-electron chi connectivity index (χ4n) is 2.87. The lowest BCUT2D eigenvalue weighted by atomic mass is 10.2. The van der Waals surface area contributed by atoms with E-state index < -0.39 is 0 Å². The first-order valence-corrected chi connectivity index (χ1v) is 9.46. The lowest BCUT2D eigenvalue weighted by Crippen LogP contribution is -2.23. The fourth-order valence-corrected chi connectivity index (χ4v) is 3.64. The molecule has 0 N–H and O–H groups in total. The highest BCUT2D eigenvalue weighted by atomic mass is 32.2. The Bertz CT molecular complexity index is 1130. The van der Waals surface area contributed by atoms with Gasteiger partial charge in [0.15, 0.2) is 5.16 Å². The van der Waals surface area contributed by atoms with Gasteiger partial charge in [-0.15, -0.1) is 20.4 Å². The Labute approximate surface area is 153 Å². The van der Waals surface area contributed by atoms with Crippen LogP contribution in [-0.2, 0) is 12.3 Å². The van der Waals surface area contributed by atoms with Crippen molar-refractivity contribution in [2.45, 2.75) is 44.1 Å². The van der Waals surface area contributed by atoms with E-state index in [1.165, 1.54) is 11.8 Å². The number of nitrogens with zero attached hydrogens (tertiary/aromatic N) is 6. The molecule has 0 aliphatic heterocycles. The molecule has 0 radical (unpaired) electrons. The Morgan fingerprint density at radius 1 is 1.15 bits per heavy atom. The highest BCUT2D eigenvalue weighted by Crippen LogP contribution is 2.24. The van der Waals surface area contributed by atoms with E-state index in [9.17, 15) is 4.79 Å². The van der Waals surface area contributed by atoms with Gasteiger partial charge in [0.05, 0.1) is 16.7 Å². The number of thioether (sulfide) groups is 1. The predicted octanol–water partition coefficient (Wildman–Crippen LogP) is 2.83. The zero-order chi connectivity index (χ0) is 18.1. The molecular weight excluding hydrogens is 352 g/mol. The van der Waals surface area contributed by atoms with E-state index in [-0.39, 0.29) is 5.56 Å². The first-order chi connectivity index (χ1) is 12.7. The maximum atomic E-state index is 12.9. The molecule has 0 atom stereocenters. The second kappa shape index (κ2) is 6.91. The van der Waals surface area contributed by atoms with Gasteiger partial charge in [-0.25, -0.2) is 0 Å². The Morgan fingerprint density at radius 2 is 2.00 bits per heavy atom. The van der Waals surface area contributed by atoms with Gasteiger partial charge in [0.1, 0.15) is 0 Å². The van der Waals surface area contributed by atoms with Crippen LogP contribution in [0.5, 0.6) is 0 Å². The van der Waals surface area contributed by atoms with E-state index in [4.69, 9.17) is 4.42 Å². The molecule has 4 rings (SSSR count). The SMILES string of the molecule is CCCCn1c(=O)c2ccccc2n2c(SCc3nnc(C)o3)nnc12. The largest absolute Gasteiger partial charge is 0.425 e. The lowest BCUT2D eigenvalue weighted by molar-refractivity contribution is 0.485.